The van der Waals surface area contributed by atoms with Gasteiger partial charge in [-0.1, -0.05) is 36.4 Å². The molecule has 3 aromatic heterocycles. The Balaban J connectivity index is 1.61. The Hall–Kier alpha value is -3.75. The Morgan fingerprint density at radius 1 is 1.11 bits per heavy atom. The van der Waals surface area contributed by atoms with Crippen LogP contribution in [0.4, 0.5) is 10.1 Å². The van der Waals surface area contributed by atoms with E-state index in [0.717, 1.165) is 57.0 Å². The number of aromatic nitrogens is 2. The Labute approximate surface area is 212 Å². The summed E-state index contributed by atoms with van der Waals surface area (Å²) >= 11 is 1.20. The summed E-state index contributed by atoms with van der Waals surface area (Å²) in [7, 11) is -2.10. The van der Waals surface area contributed by atoms with Crippen LogP contribution in [-0.2, 0) is 10.0 Å². The highest BCUT2D eigenvalue weighted by Gasteiger charge is 2.24. The van der Waals surface area contributed by atoms with E-state index < -0.39 is 10.0 Å². The lowest BCUT2D eigenvalue weighted by Gasteiger charge is -2.19. The summed E-state index contributed by atoms with van der Waals surface area (Å²) in [6.07, 6.45) is 9.92. The molecule has 0 radical (unpaired) electrons. The molecule has 36 heavy (non-hydrogen) atoms. The topological polar surface area (TPSA) is 66.1 Å². The fraction of sp³-hybridized carbons (Fsp3) is 0.107. The molecule has 5 aromatic rings. The van der Waals surface area contributed by atoms with Crippen molar-refractivity contribution in [2.24, 2.45) is 0 Å². The van der Waals surface area contributed by atoms with E-state index in [1.165, 1.54) is 27.8 Å². The van der Waals surface area contributed by atoms with Gasteiger partial charge < -0.3 is 4.98 Å². The van der Waals surface area contributed by atoms with E-state index >= 15 is 0 Å². The van der Waals surface area contributed by atoms with Gasteiger partial charge in [0.2, 0.25) is 0 Å². The summed E-state index contributed by atoms with van der Waals surface area (Å²) in [4.78, 5) is 8.11. The van der Waals surface area contributed by atoms with Crippen LogP contribution in [0, 0.1) is 5.82 Å². The Morgan fingerprint density at radius 2 is 1.94 bits per heavy atom. The minimum atomic E-state index is -3.67. The predicted molar refractivity (Wildman–Crippen MR) is 145 cm³/mol. The lowest BCUT2D eigenvalue weighted by Crippen LogP contribution is -2.25. The third-order valence-electron chi connectivity index (χ3n) is 6.57. The van der Waals surface area contributed by atoms with Crippen molar-refractivity contribution in [3.05, 3.63) is 95.8 Å². The largest absolute Gasteiger partial charge is 0.339 e. The normalized spacial score (nSPS) is 13.9. The SMILES string of the molecule is CN(c1ccc2[nH]c3ncc(-c4ccc(F)cc4)c(C4=CC=CCC4)c3c2c1)S(=O)(=O)c1cccs1. The molecule has 5 nitrogen and oxygen atoms in total. The molecule has 2 aromatic carbocycles. The summed E-state index contributed by atoms with van der Waals surface area (Å²) in [5, 5.41) is 3.57. The van der Waals surface area contributed by atoms with Crippen molar-refractivity contribution in [1.29, 1.82) is 0 Å². The number of anilines is 1. The number of rotatable bonds is 5. The minimum Gasteiger partial charge on any atom is -0.339 e. The molecule has 8 heteroatoms. The summed E-state index contributed by atoms with van der Waals surface area (Å²) < 4.78 is 41.7. The molecule has 0 unspecified atom stereocenters. The van der Waals surface area contributed by atoms with Crippen molar-refractivity contribution in [3.63, 3.8) is 0 Å². The number of nitrogens with zero attached hydrogens (tertiary/aromatic N) is 2. The van der Waals surface area contributed by atoms with Gasteiger partial charge in [0.1, 0.15) is 15.7 Å². The Kier molecular flexibility index (Phi) is 5.50. The van der Waals surface area contributed by atoms with Crippen molar-refractivity contribution in [1.82, 2.24) is 9.97 Å². The number of H-pyrrole nitrogens is 1. The first-order chi connectivity index (χ1) is 17.4. The van der Waals surface area contributed by atoms with Crippen LogP contribution in [0.5, 0.6) is 0 Å². The van der Waals surface area contributed by atoms with Gasteiger partial charge in [-0.05, 0) is 71.3 Å². The van der Waals surface area contributed by atoms with Gasteiger partial charge in [-0.25, -0.2) is 17.8 Å². The van der Waals surface area contributed by atoms with Gasteiger partial charge in [-0.2, -0.15) is 0 Å². The van der Waals surface area contributed by atoms with Crippen LogP contribution in [0.3, 0.4) is 0 Å². The van der Waals surface area contributed by atoms with Crippen molar-refractivity contribution in [3.8, 4) is 11.1 Å². The molecule has 0 amide bonds. The molecule has 0 bridgehead atoms. The number of benzene rings is 2. The van der Waals surface area contributed by atoms with Crippen LogP contribution >= 0.6 is 11.3 Å². The number of sulfonamides is 1. The van der Waals surface area contributed by atoms with Gasteiger partial charge >= 0.3 is 0 Å². The lowest BCUT2D eigenvalue weighted by atomic mass is 9.88. The molecule has 0 aliphatic heterocycles. The number of hydrogen-bond donors (Lipinski definition) is 1. The first-order valence-corrected chi connectivity index (χ1v) is 13.8. The minimum absolute atomic E-state index is 0.291. The average Bonchev–Trinajstić information content (AvgIpc) is 3.57. The molecule has 0 saturated heterocycles. The summed E-state index contributed by atoms with van der Waals surface area (Å²) in [5.74, 6) is -0.291. The Bertz CT molecular complexity index is 1770. The quantitative estimate of drug-likeness (QED) is 0.270. The van der Waals surface area contributed by atoms with E-state index in [9.17, 15) is 12.8 Å². The number of hydrogen-bond acceptors (Lipinski definition) is 4. The molecule has 0 saturated carbocycles. The third-order valence-corrected chi connectivity index (χ3v) is 9.73. The molecular weight excluding hydrogens is 493 g/mol. The molecule has 180 valence electrons. The van der Waals surface area contributed by atoms with E-state index in [2.05, 4.69) is 23.2 Å². The molecule has 6 rings (SSSR count). The zero-order valence-corrected chi connectivity index (χ0v) is 21.0. The second kappa shape index (κ2) is 8.72. The van der Waals surface area contributed by atoms with Gasteiger partial charge in [0.05, 0.1) is 5.69 Å². The lowest BCUT2D eigenvalue weighted by molar-refractivity contribution is 0.596. The van der Waals surface area contributed by atoms with Crippen LogP contribution in [0.15, 0.2) is 88.6 Å². The van der Waals surface area contributed by atoms with Crippen LogP contribution in [0.25, 0.3) is 38.6 Å². The highest BCUT2D eigenvalue weighted by Crippen LogP contribution is 2.41. The summed E-state index contributed by atoms with van der Waals surface area (Å²) in [5.41, 5.74) is 6.13. The molecule has 1 aliphatic carbocycles. The van der Waals surface area contributed by atoms with Gasteiger partial charge in [0.25, 0.3) is 10.0 Å². The number of halogens is 1. The van der Waals surface area contributed by atoms with Gasteiger partial charge in [-0.3, -0.25) is 4.31 Å². The van der Waals surface area contributed by atoms with E-state index in [1.54, 1.807) is 42.8 Å². The molecule has 3 heterocycles. The maximum atomic E-state index is 13.7. The molecule has 1 aliphatic rings. The standard InChI is InChI=1S/C28H22FN3O2S2/c1-32(36(33,34)25-8-5-15-35-25)21-13-14-24-22(16-21)27-26(19-6-3-2-4-7-19)23(17-30-28(27)31-24)18-9-11-20(29)12-10-18/h2-3,5-6,8-17H,4,7H2,1H3,(H,30,31). The summed E-state index contributed by atoms with van der Waals surface area (Å²) in [6, 6.07) is 15.4. The van der Waals surface area contributed by atoms with Crippen molar-refractivity contribution < 1.29 is 12.8 Å². The molecular formula is C28H22FN3O2S2. The fourth-order valence-corrected chi connectivity index (χ4v) is 7.06. The van der Waals surface area contributed by atoms with Crippen molar-refractivity contribution in [2.45, 2.75) is 17.1 Å². The number of allylic oxidation sites excluding steroid dienone is 4. The van der Waals surface area contributed by atoms with Crippen LogP contribution < -0.4 is 4.31 Å². The number of aromatic amines is 1. The number of nitrogens with one attached hydrogen (secondary N) is 1. The molecule has 0 fully saturated rings. The molecule has 1 N–H and O–H groups in total. The van der Waals surface area contributed by atoms with Gasteiger partial charge in [0, 0.05) is 35.1 Å². The zero-order valence-electron chi connectivity index (χ0n) is 19.4. The van der Waals surface area contributed by atoms with Crippen LogP contribution in [0.1, 0.15) is 18.4 Å². The maximum absolute atomic E-state index is 13.7. The average molecular weight is 516 g/mol. The fourth-order valence-electron chi connectivity index (χ4n) is 4.72. The van der Waals surface area contributed by atoms with Crippen molar-refractivity contribution in [2.75, 3.05) is 11.4 Å². The monoisotopic (exact) mass is 515 g/mol. The third kappa shape index (κ3) is 3.73. The van der Waals surface area contributed by atoms with Gasteiger partial charge in [-0.15, -0.1) is 11.3 Å². The highest BCUT2D eigenvalue weighted by molar-refractivity contribution is 7.94. The Morgan fingerprint density at radius 3 is 2.67 bits per heavy atom. The van der Waals surface area contributed by atoms with E-state index in [0.29, 0.717) is 9.90 Å². The highest BCUT2D eigenvalue weighted by atomic mass is 32.2. The number of thiophene rings is 1. The second-order valence-corrected chi connectivity index (χ2v) is 11.8. The predicted octanol–water partition coefficient (Wildman–Crippen LogP) is 7.14. The van der Waals surface area contributed by atoms with E-state index in [1.807, 2.05) is 18.3 Å². The first-order valence-electron chi connectivity index (χ1n) is 11.5. The summed E-state index contributed by atoms with van der Waals surface area (Å²) in [6.45, 7) is 0. The number of pyridine rings is 1. The number of fused-ring (bicyclic) bond motifs is 3. The first kappa shape index (κ1) is 22.7. The molecule has 0 spiro atoms. The second-order valence-electron chi connectivity index (χ2n) is 8.70. The van der Waals surface area contributed by atoms with Crippen LogP contribution in [-0.4, -0.2) is 25.4 Å². The molecule has 0 atom stereocenters. The zero-order chi connectivity index (χ0) is 24.9. The maximum Gasteiger partial charge on any atom is 0.273 e. The van der Waals surface area contributed by atoms with Gasteiger partial charge in [0.15, 0.2) is 0 Å². The van der Waals surface area contributed by atoms with E-state index in [-0.39, 0.29) is 5.82 Å². The van der Waals surface area contributed by atoms with Crippen LogP contribution in [0.2, 0.25) is 0 Å². The smallest absolute Gasteiger partial charge is 0.273 e. The van der Waals surface area contributed by atoms with Crippen molar-refractivity contribution >= 4 is 54.6 Å². The van der Waals surface area contributed by atoms with E-state index in [4.69, 9.17) is 4.98 Å².